The molecular weight excluding hydrogens is 820 g/mol. The van der Waals surface area contributed by atoms with Gasteiger partial charge in [-0.1, -0.05) is 207 Å². The largest absolute Gasteiger partial charge is 0.311 e. The van der Waals surface area contributed by atoms with Crippen molar-refractivity contribution in [2.24, 2.45) is 0 Å². The van der Waals surface area contributed by atoms with Gasteiger partial charge in [-0.15, -0.1) is 0 Å². The third-order valence-electron chi connectivity index (χ3n) is 15.2. The van der Waals surface area contributed by atoms with Crippen LogP contribution in [0, 0.1) is 0 Å². The van der Waals surface area contributed by atoms with Crippen molar-refractivity contribution in [2.45, 2.75) is 71.6 Å². The molecule has 0 N–H and O–H groups in total. The molecule has 0 atom stereocenters. The highest BCUT2D eigenvalue weighted by molar-refractivity contribution is 7.00. The van der Waals surface area contributed by atoms with Crippen LogP contribution in [0.2, 0.25) is 0 Å². The molecule has 3 aliphatic rings. The Morgan fingerprint density at radius 1 is 0.368 bits per heavy atom. The summed E-state index contributed by atoms with van der Waals surface area (Å²) in [6.07, 6.45) is 0. The van der Waals surface area contributed by atoms with Crippen molar-refractivity contribution in [3.63, 3.8) is 0 Å². The van der Waals surface area contributed by atoms with Crippen LogP contribution >= 0.6 is 0 Å². The Hall–Kier alpha value is -7.36. The van der Waals surface area contributed by atoms with Gasteiger partial charge >= 0.3 is 0 Å². The third kappa shape index (κ3) is 6.61. The molecule has 1 aliphatic carbocycles. The third-order valence-corrected chi connectivity index (χ3v) is 15.2. The molecule has 0 fully saturated rings. The maximum Gasteiger partial charge on any atom is 0.252 e. The lowest BCUT2D eigenvalue weighted by Gasteiger charge is -2.45. The standard InChI is InChI=1S/C65H57BN2/c1-63(2,3)47-31-37-56-58(39-47)68(50-34-28-45(29-35-50)51-23-17-24-53-52-22-15-16-25-54(52)65(7,8)61(51)53)60-41-48(64(4,5)6)40-59-62(60)66(56)55-36-30-46(43-20-13-10-14-21-43)38-57(55)67(59)49-32-26-44(27-33-49)42-18-11-9-12-19-42/h9-41H,1-8H3. The van der Waals surface area contributed by atoms with Gasteiger partial charge in [0, 0.05) is 39.5 Å². The van der Waals surface area contributed by atoms with Crippen molar-refractivity contribution in [1.82, 2.24) is 0 Å². The number of hydrogen-bond acceptors (Lipinski definition) is 2. The molecule has 0 saturated carbocycles. The Labute approximate surface area is 403 Å². The second-order valence-corrected chi connectivity index (χ2v) is 21.8. The van der Waals surface area contributed by atoms with Gasteiger partial charge in [-0.05, 0) is 143 Å². The summed E-state index contributed by atoms with van der Waals surface area (Å²) in [5.74, 6) is 0. The van der Waals surface area contributed by atoms with Crippen LogP contribution in [0.5, 0.6) is 0 Å². The van der Waals surface area contributed by atoms with Gasteiger partial charge in [0.2, 0.25) is 0 Å². The Morgan fingerprint density at radius 2 is 0.824 bits per heavy atom. The molecule has 0 aromatic heterocycles. The van der Waals surface area contributed by atoms with E-state index in [4.69, 9.17) is 0 Å². The minimum atomic E-state index is -0.128. The zero-order chi connectivity index (χ0) is 46.7. The van der Waals surface area contributed by atoms with Gasteiger partial charge in [-0.2, -0.15) is 0 Å². The molecule has 0 spiro atoms. The van der Waals surface area contributed by atoms with E-state index in [0.717, 1.165) is 11.4 Å². The monoisotopic (exact) mass is 876 g/mol. The van der Waals surface area contributed by atoms with Crippen molar-refractivity contribution in [3.05, 3.63) is 222 Å². The quantitative estimate of drug-likeness (QED) is 0.159. The lowest BCUT2D eigenvalue weighted by atomic mass is 9.33. The minimum Gasteiger partial charge on any atom is -0.311 e. The summed E-state index contributed by atoms with van der Waals surface area (Å²) in [5, 5.41) is 0. The van der Waals surface area contributed by atoms with E-state index in [1.54, 1.807) is 0 Å². The highest BCUT2D eigenvalue weighted by atomic mass is 15.2. The molecule has 9 aromatic carbocycles. The van der Waals surface area contributed by atoms with E-state index in [1.165, 1.54) is 106 Å². The van der Waals surface area contributed by atoms with E-state index in [9.17, 15) is 0 Å². The maximum absolute atomic E-state index is 2.59. The Morgan fingerprint density at radius 3 is 1.43 bits per heavy atom. The zero-order valence-electron chi connectivity index (χ0n) is 40.5. The summed E-state index contributed by atoms with van der Waals surface area (Å²) in [6, 6.07) is 75.6. The van der Waals surface area contributed by atoms with E-state index in [0.29, 0.717) is 0 Å². The molecule has 0 radical (unpaired) electrons. The number of fused-ring (bicyclic) bond motifs is 7. The van der Waals surface area contributed by atoms with Gasteiger partial charge in [0.15, 0.2) is 0 Å². The topological polar surface area (TPSA) is 6.48 Å². The zero-order valence-corrected chi connectivity index (χ0v) is 40.5. The van der Waals surface area contributed by atoms with E-state index < -0.39 is 0 Å². The minimum absolute atomic E-state index is 0.0176. The molecule has 0 unspecified atom stereocenters. The first-order chi connectivity index (χ1) is 32.8. The number of benzene rings is 9. The molecule has 68 heavy (non-hydrogen) atoms. The first-order valence-electron chi connectivity index (χ1n) is 24.4. The summed E-state index contributed by atoms with van der Waals surface area (Å²) >= 11 is 0. The normalized spacial score (nSPS) is 14.2. The molecule has 2 nitrogen and oxygen atoms in total. The van der Waals surface area contributed by atoms with Crippen molar-refractivity contribution in [3.8, 4) is 44.5 Å². The molecule has 0 amide bonds. The van der Waals surface area contributed by atoms with Gasteiger partial charge < -0.3 is 9.80 Å². The lowest BCUT2D eigenvalue weighted by Crippen LogP contribution is -2.61. The highest BCUT2D eigenvalue weighted by Crippen LogP contribution is 2.53. The van der Waals surface area contributed by atoms with E-state index in [-0.39, 0.29) is 23.0 Å². The average molecular weight is 877 g/mol. The summed E-state index contributed by atoms with van der Waals surface area (Å²) in [5.41, 5.74) is 26.5. The molecule has 12 rings (SSSR count). The molecule has 0 bridgehead atoms. The highest BCUT2D eigenvalue weighted by Gasteiger charge is 2.45. The first-order valence-corrected chi connectivity index (χ1v) is 24.4. The maximum atomic E-state index is 2.59. The van der Waals surface area contributed by atoms with Crippen molar-refractivity contribution < 1.29 is 0 Å². The summed E-state index contributed by atoms with van der Waals surface area (Å²) < 4.78 is 0. The fourth-order valence-corrected chi connectivity index (χ4v) is 11.6. The fourth-order valence-electron chi connectivity index (χ4n) is 11.6. The van der Waals surface area contributed by atoms with Gasteiger partial charge in [-0.3, -0.25) is 0 Å². The van der Waals surface area contributed by atoms with Crippen LogP contribution in [0.25, 0.3) is 44.5 Å². The number of anilines is 6. The fraction of sp³-hybridized carbons (Fsp3) is 0.169. The molecule has 2 aliphatic heterocycles. The van der Waals surface area contributed by atoms with Crippen molar-refractivity contribution in [1.29, 1.82) is 0 Å². The first kappa shape index (κ1) is 42.0. The van der Waals surface area contributed by atoms with Gasteiger partial charge in [0.05, 0.1) is 0 Å². The number of rotatable bonds is 5. The summed E-state index contributed by atoms with van der Waals surface area (Å²) in [7, 11) is 0. The average Bonchev–Trinajstić information content (AvgIpc) is 3.59. The van der Waals surface area contributed by atoms with E-state index in [1.807, 2.05) is 0 Å². The van der Waals surface area contributed by atoms with Crippen molar-refractivity contribution >= 4 is 57.2 Å². The second-order valence-electron chi connectivity index (χ2n) is 21.8. The van der Waals surface area contributed by atoms with Gasteiger partial charge in [0.25, 0.3) is 6.71 Å². The van der Waals surface area contributed by atoms with Crippen LogP contribution in [0.4, 0.5) is 34.1 Å². The van der Waals surface area contributed by atoms with Crippen LogP contribution in [0.1, 0.15) is 77.6 Å². The second kappa shape index (κ2) is 15.3. The summed E-state index contributed by atoms with van der Waals surface area (Å²) in [6.45, 7) is 18.9. The molecule has 2 heterocycles. The Kier molecular flexibility index (Phi) is 9.48. The van der Waals surface area contributed by atoms with Gasteiger partial charge in [-0.25, -0.2) is 0 Å². The molecule has 0 saturated heterocycles. The molecule has 330 valence electrons. The number of hydrogen-bond donors (Lipinski definition) is 0. The predicted molar refractivity (Wildman–Crippen MR) is 292 cm³/mol. The van der Waals surface area contributed by atoms with Crippen LogP contribution in [-0.2, 0) is 16.2 Å². The SMILES string of the molecule is CC(C)(C)c1ccc2c(c1)N(c1ccc(-c3cccc4c3C(C)(C)c3ccccc3-4)cc1)c1cc(C(C)(C)C)cc3c1B2c1ccc(-c2ccccc2)cc1N3c1ccc(-c2ccccc2)cc1. The summed E-state index contributed by atoms with van der Waals surface area (Å²) in [4.78, 5) is 5.15. The van der Waals surface area contributed by atoms with Gasteiger partial charge in [0.1, 0.15) is 0 Å². The molecule has 9 aromatic rings. The smallest absolute Gasteiger partial charge is 0.252 e. The number of nitrogens with zero attached hydrogens (tertiary/aromatic N) is 2. The Balaban J connectivity index is 1.09. The van der Waals surface area contributed by atoms with Crippen LogP contribution < -0.4 is 26.2 Å². The van der Waals surface area contributed by atoms with Crippen molar-refractivity contribution in [2.75, 3.05) is 9.80 Å². The van der Waals surface area contributed by atoms with Crippen LogP contribution in [0.15, 0.2) is 200 Å². The predicted octanol–water partition coefficient (Wildman–Crippen LogP) is 15.7. The molecule has 3 heteroatoms. The van der Waals surface area contributed by atoms with Crippen LogP contribution in [-0.4, -0.2) is 6.71 Å². The lowest BCUT2D eigenvalue weighted by molar-refractivity contribution is 0.590. The van der Waals surface area contributed by atoms with E-state index >= 15 is 0 Å². The van der Waals surface area contributed by atoms with Crippen LogP contribution in [0.3, 0.4) is 0 Å². The van der Waals surface area contributed by atoms with E-state index in [2.05, 4.69) is 265 Å². The molecular formula is C65H57BN2. The Bertz CT molecular complexity index is 3430.